The molecule has 0 spiro atoms. The number of carbonyl (C=O) groups is 2. The van der Waals surface area contributed by atoms with E-state index in [2.05, 4.69) is 15.8 Å². The largest absolute Gasteiger partial charge is 0.486 e. The number of ether oxygens (including phenoxy) is 1. The molecule has 2 N–H and O–H groups in total. The van der Waals surface area contributed by atoms with E-state index >= 15 is 0 Å². The summed E-state index contributed by atoms with van der Waals surface area (Å²) in [5, 5.41) is 9.46. The van der Waals surface area contributed by atoms with Gasteiger partial charge in [0.05, 0.1) is 0 Å². The van der Waals surface area contributed by atoms with Crippen molar-refractivity contribution >= 4 is 17.5 Å². The fourth-order valence-corrected chi connectivity index (χ4v) is 2.58. The van der Waals surface area contributed by atoms with Gasteiger partial charge in [-0.15, -0.1) is 0 Å². The molecule has 7 nitrogen and oxygen atoms in total. The van der Waals surface area contributed by atoms with Crippen LogP contribution in [0.15, 0.2) is 59.1 Å². The van der Waals surface area contributed by atoms with Crippen LogP contribution >= 0.6 is 0 Å². The second-order valence-electron chi connectivity index (χ2n) is 7.09. The first kappa shape index (κ1) is 21.1. The summed E-state index contributed by atoms with van der Waals surface area (Å²) in [5.41, 5.74) is 2.59. The fraction of sp³-hybridized carbons (Fsp3) is 0.261. The molecule has 0 saturated carbocycles. The van der Waals surface area contributed by atoms with Crippen molar-refractivity contribution in [1.29, 1.82) is 0 Å². The predicted octanol–water partition coefficient (Wildman–Crippen LogP) is 4.34. The second-order valence-corrected chi connectivity index (χ2v) is 7.09. The van der Waals surface area contributed by atoms with Crippen LogP contribution < -0.4 is 15.4 Å². The lowest BCUT2D eigenvalue weighted by atomic mass is 10.1. The van der Waals surface area contributed by atoms with Gasteiger partial charge in [-0.1, -0.05) is 29.8 Å². The zero-order chi connectivity index (χ0) is 21.5. The number of aromatic nitrogens is 1. The summed E-state index contributed by atoms with van der Waals surface area (Å²) in [5.74, 6) is 0.605. The SMILES string of the molecule is CCC(C)NC(=O)c1cc(COc2ccc(NC(=O)c3ccc(C)cc3)cc2)on1. The summed E-state index contributed by atoms with van der Waals surface area (Å²) < 4.78 is 10.8. The van der Waals surface area contributed by atoms with Crippen LogP contribution in [0.5, 0.6) is 5.75 Å². The van der Waals surface area contributed by atoms with E-state index in [1.54, 1.807) is 42.5 Å². The van der Waals surface area contributed by atoms with E-state index in [1.807, 2.05) is 32.9 Å². The van der Waals surface area contributed by atoms with Gasteiger partial charge in [0.25, 0.3) is 11.8 Å². The summed E-state index contributed by atoms with van der Waals surface area (Å²) in [4.78, 5) is 24.3. The van der Waals surface area contributed by atoms with Crippen LogP contribution in [0.25, 0.3) is 0 Å². The Balaban J connectivity index is 1.52. The molecule has 30 heavy (non-hydrogen) atoms. The molecule has 0 saturated heterocycles. The Hall–Kier alpha value is -3.61. The maximum Gasteiger partial charge on any atom is 0.273 e. The van der Waals surface area contributed by atoms with Gasteiger partial charge in [-0.2, -0.15) is 0 Å². The quantitative estimate of drug-likeness (QED) is 0.579. The number of rotatable bonds is 8. The van der Waals surface area contributed by atoms with Gasteiger partial charge in [0.1, 0.15) is 12.4 Å². The van der Waals surface area contributed by atoms with Crippen LogP contribution in [0.1, 0.15) is 52.4 Å². The van der Waals surface area contributed by atoms with Crippen LogP contribution in [0.2, 0.25) is 0 Å². The molecular weight excluding hydrogens is 382 g/mol. The smallest absolute Gasteiger partial charge is 0.273 e. The molecule has 156 valence electrons. The van der Waals surface area contributed by atoms with Crippen molar-refractivity contribution in [3.63, 3.8) is 0 Å². The lowest BCUT2D eigenvalue weighted by Crippen LogP contribution is -2.32. The molecule has 1 atom stereocenters. The highest BCUT2D eigenvalue weighted by atomic mass is 16.5. The Morgan fingerprint density at radius 2 is 1.77 bits per heavy atom. The van der Waals surface area contributed by atoms with E-state index in [-0.39, 0.29) is 30.2 Å². The zero-order valence-electron chi connectivity index (χ0n) is 17.3. The van der Waals surface area contributed by atoms with E-state index in [1.165, 1.54) is 0 Å². The minimum atomic E-state index is -0.270. The van der Waals surface area contributed by atoms with E-state index in [9.17, 15) is 9.59 Å². The molecule has 3 rings (SSSR count). The van der Waals surface area contributed by atoms with Crippen molar-refractivity contribution in [3.8, 4) is 5.75 Å². The molecule has 1 unspecified atom stereocenters. The molecule has 0 radical (unpaired) electrons. The number of anilines is 1. The number of hydrogen-bond donors (Lipinski definition) is 2. The van der Waals surface area contributed by atoms with E-state index in [0.717, 1.165) is 12.0 Å². The molecular formula is C23H25N3O4. The second kappa shape index (κ2) is 9.73. The Morgan fingerprint density at radius 3 is 2.43 bits per heavy atom. The number of nitrogens with zero attached hydrogens (tertiary/aromatic N) is 1. The van der Waals surface area contributed by atoms with Crippen molar-refractivity contribution < 1.29 is 18.8 Å². The van der Waals surface area contributed by atoms with Gasteiger partial charge in [-0.25, -0.2) is 0 Å². The topological polar surface area (TPSA) is 93.5 Å². The summed E-state index contributed by atoms with van der Waals surface area (Å²) in [6, 6.07) is 16.0. The standard InChI is InChI=1S/C23H25N3O4/c1-4-16(3)24-23(28)21-13-20(30-26-21)14-29-19-11-9-18(10-12-19)25-22(27)17-7-5-15(2)6-8-17/h5-13,16H,4,14H2,1-3H3,(H,24,28)(H,25,27). The van der Waals surface area contributed by atoms with Crippen LogP contribution in [-0.4, -0.2) is 23.0 Å². The third-order valence-corrected chi connectivity index (χ3v) is 4.59. The number of aryl methyl sites for hydroxylation is 1. The Morgan fingerprint density at radius 1 is 1.07 bits per heavy atom. The van der Waals surface area contributed by atoms with Gasteiger partial charge in [-0.05, 0) is 56.7 Å². The molecule has 0 aliphatic carbocycles. The van der Waals surface area contributed by atoms with Crippen molar-refractivity contribution in [2.45, 2.75) is 39.8 Å². The number of benzene rings is 2. The molecule has 2 amide bonds. The highest BCUT2D eigenvalue weighted by Crippen LogP contribution is 2.18. The molecule has 0 fully saturated rings. The third kappa shape index (κ3) is 5.70. The normalized spacial score (nSPS) is 11.6. The van der Waals surface area contributed by atoms with Gasteiger partial charge in [0, 0.05) is 23.4 Å². The minimum absolute atomic E-state index is 0.0684. The minimum Gasteiger partial charge on any atom is -0.486 e. The van der Waals surface area contributed by atoms with Crippen LogP contribution in [-0.2, 0) is 6.61 Å². The van der Waals surface area contributed by atoms with E-state index in [4.69, 9.17) is 9.26 Å². The maximum atomic E-state index is 12.3. The van der Waals surface area contributed by atoms with Crippen molar-refractivity contribution in [3.05, 3.63) is 77.2 Å². The number of carbonyl (C=O) groups excluding carboxylic acids is 2. The highest BCUT2D eigenvalue weighted by molar-refractivity contribution is 6.04. The number of amides is 2. The Bertz CT molecular complexity index is 994. The zero-order valence-corrected chi connectivity index (χ0v) is 17.3. The predicted molar refractivity (Wildman–Crippen MR) is 114 cm³/mol. The highest BCUT2D eigenvalue weighted by Gasteiger charge is 2.14. The molecule has 0 aliphatic heterocycles. The van der Waals surface area contributed by atoms with E-state index in [0.29, 0.717) is 22.8 Å². The first-order valence-corrected chi connectivity index (χ1v) is 9.82. The average Bonchev–Trinajstić information content (AvgIpc) is 3.23. The van der Waals surface area contributed by atoms with Gasteiger partial charge in [-0.3, -0.25) is 9.59 Å². The van der Waals surface area contributed by atoms with Gasteiger partial charge in [0.15, 0.2) is 11.5 Å². The first-order valence-electron chi connectivity index (χ1n) is 9.82. The molecule has 7 heteroatoms. The van der Waals surface area contributed by atoms with Crippen molar-refractivity contribution in [2.75, 3.05) is 5.32 Å². The van der Waals surface area contributed by atoms with Crippen molar-refractivity contribution in [1.82, 2.24) is 10.5 Å². The van der Waals surface area contributed by atoms with Crippen LogP contribution in [0.4, 0.5) is 5.69 Å². The summed E-state index contributed by atoms with van der Waals surface area (Å²) >= 11 is 0. The van der Waals surface area contributed by atoms with Crippen LogP contribution in [0.3, 0.4) is 0 Å². The van der Waals surface area contributed by atoms with E-state index < -0.39 is 0 Å². The average molecular weight is 407 g/mol. The summed E-state index contributed by atoms with van der Waals surface area (Å²) in [6.45, 7) is 6.03. The molecule has 0 bridgehead atoms. The molecule has 3 aromatic rings. The first-order chi connectivity index (χ1) is 14.4. The number of hydrogen-bond acceptors (Lipinski definition) is 5. The summed E-state index contributed by atoms with van der Waals surface area (Å²) in [7, 11) is 0. The Labute approximate surface area is 175 Å². The van der Waals surface area contributed by atoms with Gasteiger partial charge >= 0.3 is 0 Å². The molecule has 1 heterocycles. The summed E-state index contributed by atoms with van der Waals surface area (Å²) in [6.07, 6.45) is 0.834. The number of nitrogens with one attached hydrogen (secondary N) is 2. The molecule has 0 aliphatic rings. The van der Waals surface area contributed by atoms with Crippen LogP contribution in [0, 0.1) is 6.92 Å². The van der Waals surface area contributed by atoms with Gasteiger partial charge in [0.2, 0.25) is 0 Å². The molecule has 1 aromatic heterocycles. The van der Waals surface area contributed by atoms with Gasteiger partial charge < -0.3 is 19.9 Å². The molecule has 2 aromatic carbocycles. The lowest BCUT2D eigenvalue weighted by Gasteiger charge is -2.08. The Kier molecular flexibility index (Phi) is 6.85. The monoisotopic (exact) mass is 407 g/mol. The lowest BCUT2D eigenvalue weighted by molar-refractivity contribution is 0.0929. The maximum absolute atomic E-state index is 12.3. The third-order valence-electron chi connectivity index (χ3n) is 4.59. The fourth-order valence-electron chi connectivity index (χ4n) is 2.58. The van der Waals surface area contributed by atoms with Crippen molar-refractivity contribution in [2.24, 2.45) is 0 Å².